The highest BCUT2D eigenvalue weighted by atomic mass is 14.8. The Hall–Kier alpha value is -0.0400. The predicted octanol–water partition coefficient (Wildman–Crippen LogP) is 3.72. The van der Waals surface area contributed by atoms with Crippen LogP contribution < -0.4 is 5.73 Å². The highest BCUT2D eigenvalue weighted by molar-refractivity contribution is 5.09. The van der Waals surface area contributed by atoms with Crippen LogP contribution in [0.1, 0.15) is 64.7 Å². The zero-order chi connectivity index (χ0) is 11.2. The van der Waals surface area contributed by atoms with E-state index in [4.69, 9.17) is 5.73 Å². The van der Waals surface area contributed by atoms with Crippen molar-refractivity contribution in [2.75, 3.05) is 0 Å². The van der Waals surface area contributed by atoms with Gasteiger partial charge in [0.25, 0.3) is 0 Å². The van der Waals surface area contributed by atoms with Gasteiger partial charge in [-0.1, -0.05) is 32.6 Å². The maximum atomic E-state index is 6.59. The van der Waals surface area contributed by atoms with Gasteiger partial charge in [-0.25, -0.2) is 0 Å². The molecule has 3 rings (SSSR count). The molecule has 1 nitrogen and oxygen atoms in total. The Morgan fingerprint density at radius 3 is 2.81 bits per heavy atom. The molecular formula is C15H27N. The van der Waals surface area contributed by atoms with Crippen LogP contribution in [-0.2, 0) is 0 Å². The fourth-order valence-corrected chi connectivity index (χ4v) is 5.40. The molecule has 92 valence electrons. The third-order valence-electron chi connectivity index (χ3n) is 6.08. The summed E-state index contributed by atoms with van der Waals surface area (Å²) in [6, 6.07) is 0.561. The van der Waals surface area contributed by atoms with Gasteiger partial charge in [-0.15, -0.1) is 0 Å². The van der Waals surface area contributed by atoms with Crippen LogP contribution in [0.25, 0.3) is 0 Å². The van der Waals surface area contributed by atoms with E-state index in [0.29, 0.717) is 11.5 Å². The Kier molecular flexibility index (Phi) is 2.78. The van der Waals surface area contributed by atoms with Gasteiger partial charge < -0.3 is 5.73 Å². The molecule has 3 aliphatic carbocycles. The lowest BCUT2D eigenvalue weighted by Gasteiger charge is -2.48. The number of fused-ring (bicyclic) bond motifs is 3. The monoisotopic (exact) mass is 221 g/mol. The van der Waals surface area contributed by atoms with E-state index in [1.54, 1.807) is 0 Å². The first-order chi connectivity index (χ1) is 7.76. The molecule has 1 unspecified atom stereocenters. The molecular weight excluding hydrogens is 194 g/mol. The number of hydrogen-bond acceptors (Lipinski definition) is 1. The van der Waals surface area contributed by atoms with Crippen LogP contribution in [0.15, 0.2) is 0 Å². The van der Waals surface area contributed by atoms with E-state index < -0.39 is 0 Å². The summed E-state index contributed by atoms with van der Waals surface area (Å²) >= 11 is 0. The summed E-state index contributed by atoms with van der Waals surface area (Å²) < 4.78 is 0. The van der Waals surface area contributed by atoms with Crippen molar-refractivity contribution >= 4 is 0 Å². The lowest BCUT2D eigenvalue weighted by molar-refractivity contribution is 0.0456. The summed E-state index contributed by atoms with van der Waals surface area (Å²) in [5.74, 6) is 2.90. The third kappa shape index (κ3) is 1.47. The summed E-state index contributed by atoms with van der Waals surface area (Å²) in [6.45, 7) is 2.34. The number of hydrogen-bond donors (Lipinski definition) is 1. The summed E-state index contributed by atoms with van der Waals surface area (Å²) in [5, 5.41) is 0. The van der Waals surface area contributed by atoms with E-state index in [1.165, 1.54) is 57.8 Å². The van der Waals surface area contributed by atoms with E-state index in [2.05, 4.69) is 6.92 Å². The van der Waals surface area contributed by atoms with Crippen LogP contribution in [-0.4, -0.2) is 6.04 Å². The molecule has 0 amide bonds. The average molecular weight is 221 g/mol. The first kappa shape index (κ1) is 11.1. The van der Waals surface area contributed by atoms with Crippen molar-refractivity contribution in [1.82, 2.24) is 0 Å². The quantitative estimate of drug-likeness (QED) is 0.755. The molecule has 1 heteroatoms. The molecule has 0 aliphatic heterocycles. The molecule has 0 aromatic carbocycles. The molecule has 3 saturated carbocycles. The fraction of sp³-hybridized carbons (Fsp3) is 1.00. The largest absolute Gasteiger partial charge is 0.327 e. The van der Waals surface area contributed by atoms with Gasteiger partial charge in [0.15, 0.2) is 0 Å². The van der Waals surface area contributed by atoms with Gasteiger partial charge in [0.2, 0.25) is 0 Å². The van der Waals surface area contributed by atoms with Crippen LogP contribution in [0.3, 0.4) is 0 Å². The minimum atomic E-state index is 0.561. The second kappa shape index (κ2) is 4.01. The van der Waals surface area contributed by atoms with Gasteiger partial charge in [0, 0.05) is 6.04 Å². The van der Waals surface area contributed by atoms with Crippen LogP contribution in [0.5, 0.6) is 0 Å². The molecule has 0 heterocycles. The van der Waals surface area contributed by atoms with E-state index in [0.717, 1.165) is 17.8 Å². The van der Waals surface area contributed by atoms with Crippen molar-refractivity contribution in [3.8, 4) is 0 Å². The summed E-state index contributed by atoms with van der Waals surface area (Å²) in [6.07, 6.45) is 13.1. The second-order valence-corrected chi connectivity index (χ2v) is 6.78. The smallest absolute Gasteiger partial charge is 0.0127 e. The van der Waals surface area contributed by atoms with Crippen molar-refractivity contribution in [1.29, 1.82) is 0 Å². The summed E-state index contributed by atoms with van der Waals surface area (Å²) in [7, 11) is 0. The first-order valence-electron chi connectivity index (χ1n) is 7.52. The molecule has 0 aromatic heterocycles. The van der Waals surface area contributed by atoms with Gasteiger partial charge >= 0.3 is 0 Å². The summed E-state index contributed by atoms with van der Waals surface area (Å²) in [4.78, 5) is 0. The molecule has 0 saturated heterocycles. The molecule has 1 spiro atoms. The lowest BCUT2D eigenvalue weighted by Crippen LogP contribution is -2.48. The molecule has 0 aromatic rings. The molecule has 16 heavy (non-hydrogen) atoms. The van der Waals surface area contributed by atoms with Crippen molar-refractivity contribution in [2.24, 2.45) is 28.9 Å². The minimum Gasteiger partial charge on any atom is -0.327 e. The fourth-order valence-electron chi connectivity index (χ4n) is 5.40. The zero-order valence-electron chi connectivity index (χ0n) is 10.8. The normalized spacial score (nSPS) is 51.4. The third-order valence-corrected chi connectivity index (χ3v) is 6.08. The Morgan fingerprint density at radius 1 is 1.25 bits per heavy atom. The molecule has 3 fully saturated rings. The highest BCUT2D eigenvalue weighted by Crippen LogP contribution is 2.62. The van der Waals surface area contributed by atoms with Crippen molar-refractivity contribution in [3.63, 3.8) is 0 Å². The van der Waals surface area contributed by atoms with Crippen molar-refractivity contribution in [2.45, 2.75) is 70.8 Å². The Balaban J connectivity index is 1.77. The first-order valence-corrected chi connectivity index (χ1v) is 7.52. The molecule has 3 aliphatic rings. The lowest BCUT2D eigenvalue weighted by atomic mass is 9.59. The second-order valence-electron chi connectivity index (χ2n) is 6.78. The molecule has 2 N–H and O–H groups in total. The van der Waals surface area contributed by atoms with Gasteiger partial charge in [-0.05, 0) is 55.3 Å². The van der Waals surface area contributed by atoms with Crippen molar-refractivity contribution < 1.29 is 0 Å². The Bertz CT molecular complexity index is 256. The standard InChI is InChI=1S/C15H27N/c1-2-4-11-5-3-8-15(10-11)13-7-6-12(9-13)14(15)16/h11-14H,2-10,16H2,1H3/t11-,12+,13?,14-,15+/m0/s1. The Morgan fingerprint density at radius 2 is 2.12 bits per heavy atom. The van der Waals surface area contributed by atoms with Gasteiger partial charge in [-0.3, -0.25) is 0 Å². The predicted molar refractivity (Wildman–Crippen MR) is 68.1 cm³/mol. The summed E-state index contributed by atoms with van der Waals surface area (Å²) in [5.41, 5.74) is 7.19. The minimum absolute atomic E-state index is 0.561. The van der Waals surface area contributed by atoms with E-state index in [1.807, 2.05) is 0 Å². The van der Waals surface area contributed by atoms with E-state index in [9.17, 15) is 0 Å². The Labute approximate surface area is 100 Å². The van der Waals surface area contributed by atoms with Gasteiger partial charge in [-0.2, -0.15) is 0 Å². The topological polar surface area (TPSA) is 26.0 Å². The zero-order valence-corrected chi connectivity index (χ0v) is 10.8. The number of nitrogens with two attached hydrogens (primary N) is 1. The molecule has 0 radical (unpaired) electrons. The van der Waals surface area contributed by atoms with E-state index in [-0.39, 0.29) is 0 Å². The van der Waals surface area contributed by atoms with Crippen molar-refractivity contribution in [3.05, 3.63) is 0 Å². The van der Waals surface area contributed by atoms with Crippen LogP contribution in [0.2, 0.25) is 0 Å². The van der Waals surface area contributed by atoms with E-state index >= 15 is 0 Å². The average Bonchev–Trinajstić information content (AvgIpc) is 2.84. The maximum Gasteiger partial charge on any atom is 0.0127 e. The van der Waals surface area contributed by atoms with Gasteiger partial charge in [0.1, 0.15) is 0 Å². The van der Waals surface area contributed by atoms with Crippen LogP contribution in [0.4, 0.5) is 0 Å². The number of rotatable bonds is 2. The van der Waals surface area contributed by atoms with Crippen LogP contribution in [0, 0.1) is 23.2 Å². The van der Waals surface area contributed by atoms with Crippen LogP contribution >= 0.6 is 0 Å². The SMILES string of the molecule is CCC[C@H]1CCC[C@@]2(C1)C1CC[C@H](C1)[C@@H]2N. The highest BCUT2D eigenvalue weighted by Gasteiger charge is 2.57. The maximum absolute atomic E-state index is 6.59. The van der Waals surface area contributed by atoms with Gasteiger partial charge in [0.05, 0.1) is 0 Å². The molecule has 5 atom stereocenters. The molecule has 2 bridgehead atoms.